The molecular weight excluding hydrogens is 160 g/mol. The molecule has 0 aliphatic carbocycles. The smallest absolute Gasteiger partial charge is 0.0457 e. The summed E-state index contributed by atoms with van der Waals surface area (Å²) in [5.74, 6) is 5.44. The summed E-state index contributed by atoms with van der Waals surface area (Å²) >= 11 is 0. The number of hydrazine groups is 1. The van der Waals surface area contributed by atoms with Crippen LogP contribution in [0, 0.1) is 0 Å². The quantitative estimate of drug-likeness (QED) is 0.547. The van der Waals surface area contributed by atoms with Crippen molar-refractivity contribution in [3.8, 4) is 0 Å². The molecule has 0 amide bonds. The van der Waals surface area contributed by atoms with Gasteiger partial charge in [-0.25, -0.2) is 0 Å². The molecule has 13 heavy (non-hydrogen) atoms. The second-order valence-electron chi connectivity index (χ2n) is 3.22. The topological polar surface area (TPSA) is 38.0 Å². The van der Waals surface area contributed by atoms with Crippen molar-refractivity contribution in [3.63, 3.8) is 0 Å². The normalized spacial score (nSPS) is 12.8. The van der Waals surface area contributed by atoms with Crippen LogP contribution in [0.1, 0.15) is 37.4 Å². The lowest BCUT2D eigenvalue weighted by atomic mass is 10.0. The van der Waals surface area contributed by atoms with E-state index in [1.165, 1.54) is 11.1 Å². The SMILES string of the molecule is CCc1ccc([C@@H](CC)NN)cc1. The van der Waals surface area contributed by atoms with Crippen LogP contribution >= 0.6 is 0 Å². The van der Waals surface area contributed by atoms with E-state index in [0.29, 0.717) is 0 Å². The van der Waals surface area contributed by atoms with Crippen LogP contribution in [-0.4, -0.2) is 0 Å². The number of nitrogens with two attached hydrogens (primary N) is 1. The van der Waals surface area contributed by atoms with E-state index in [2.05, 4.69) is 43.5 Å². The highest BCUT2D eigenvalue weighted by Gasteiger charge is 2.05. The highest BCUT2D eigenvalue weighted by atomic mass is 15.2. The first kappa shape index (κ1) is 10.2. The standard InChI is InChI=1S/C11H18N2/c1-3-9-5-7-10(8-6-9)11(4-2)13-12/h5-8,11,13H,3-4,12H2,1-2H3/t11-/m1/s1. The predicted molar refractivity (Wildman–Crippen MR) is 56.2 cm³/mol. The van der Waals surface area contributed by atoms with E-state index in [1.54, 1.807) is 0 Å². The van der Waals surface area contributed by atoms with Crippen molar-refractivity contribution in [1.29, 1.82) is 0 Å². The molecule has 0 aromatic heterocycles. The van der Waals surface area contributed by atoms with Gasteiger partial charge in [-0.05, 0) is 24.0 Å². The monoisotopic (exact) mass is 178 g/mol. The third-order valence-corrected chi connectivity index (χ3v) is 2.40. The van der Waals surface area contributed by atoms with E-state index in [-0.39, 0.29) is 6.04 Å². The first-order valence-electron chi connectivity index (χ1n) is 4.86. The van der Waals surface area contributed by atoms with E-state index in [9.17, 15) is 0 Å². The number of aryl methyl sites for hydroxylation is 1. The zero-order chi connectivity index (χ0) is 9.68. The van der Waals surface area contributed by atoms with Gasteiger partial charge in [-0.2, -0.15) is 0 Å². The van der Waals surface area contributed by atoms with Crippen LogP contribution in [0.25, 0.3) is 0 Å². The lowest BCUT2D eigenvalue weighted by Gasteiger charge is -2.13. The second kappa shape index (κ2) is 5.00. The molecule has 0 fully saturated rings. The van der Waals surface area contributed by atoms with Crippen molar-refractivity contribution in [2.45, 2.75) is 32.7 Å². The summed E-state index contributed by atoms with van der Waals surface area (Å²) in [5.41, 5.74) is 5.44. The Morgan fingerprint density at radius 3 is 2.23 bits per heavy atom. The molecule has 0 unspecified atom stereocenters. The zero-order valence-corrected chi connectivity index (χ0v) is 8.38. The van der Waals surface area contributed by atoms with Crippen LogP contribution < -0.4 is 11.3 Å². The third-order valence-electron chi connectivity index (χ3n) is 2.40. The Bertz CT molecular complexity index is 237. The van der Waals surface area contributed by atoms with E-state index in [0.717, 1.165) is 12.8 Å². The Morgan fingerprint density at radius 2 is 1.85 bits per heavy atom. The Labute approximate surface area is 80.1 Å². The first-order chi connectivity index (χ1) is 6.31. The number of hydrogen-bond acceptors (Lipinski definition) is 2. The Hall–Kier alpha value is -0.860. The summed E-state index contributed by atoms with van der Waals surface area (Å²) in [6, 6.07) is 8.90. The van der Waals surface area contributed by atoms with Crippen LogP contribution in [0.3, 0.4) is 0 Å². The average Bonchev–Trinajstić information content (AvgIpc) is 2.21. The van der Waals surface area contributed by atoms with Crippen LogP contribution in [0.5, 0.6) is 0 Å². The van der Waals surface area contributed by atoms with E-state index in [1.807, 2.05) is 0 Å². The van der Waals surface area contributed by atoms with E-state index >= 15 is 0 Å². The lowest BCUT2D eigenvalue weighted by Crippen LogP contribution is -2.27. The molecule has 2 nitrogen and oxygen atoms in total. The van der Waals surface area contributed by atoms with Gasteiger partial charge < -0.3 is 0 Å². The highest BCUT2D eigenvalue weighted by molar-refractivity contribution is 5.24. The molecular formula is C11H18N2. The molecule has 1 aromatic carbocycles. The maximum Gasteiger partial charge on any atom is 0.0457 e. The van der Waals surface area contributed by atoms with Crippen molar-refractivity contribution < 1.29 is 0 Å². The number of rotatable bonds is 4. The summed E-state index contributed by atoms with van der Waals surface area (Å²) < 4.78 is 0. The average molecular weight is 178 g/mol. The molecule has 0 aliphatic rings. The Kier molecular flexibility index (Phi) is 3.93. The molecule has 0 saturated carbocycles. The summed E-state index contributed by atoms with van der Waals surface area (Å²) in [4.78, 5) is 0. The minimum atomic E-state index is 0.283. The highest BCUT2D eigenvalue weighted by Crippen LogP contribution is 2.16. The fourth-order valence-corrected chi connectivity index (χ4v) is 1.44. The van der Waals surface area contributed by atoms with Crippen LogP contribution in [0.4, 0.5) is 0 Å². The largest absolute Gasteiger partial charge is 0.271 e. The molecule has 0 aliphatic heterocycles. The molecule has 1 aromatic rings. The van der Waals surface area contributed by atoms with Crippen molar-refractivity contribution >= 4 is 0 Å². The van der Waals surface area contributed by atoms with Gasteiger partial charge in [0.25, 0.3) is 0 Å². The van der Waals surface area contributed by atoms with Crippen molar-refractivity contribution in [1.82, 2.24) is 5.43 Å². The molecule has 0 radical (unpaired) electrons. The summed E-state index contributed by atoms with van der Waals surface area (Å²) in [6.07, 6.45) is 2.11. The van der Waals surface area contributed by atoms with Gasteiger partial charge in [0.2, 0.25) is 0 Å². The summed E-state index contributed by atoms with van der Waals surface area (Å²) in [7, 11) is 0. The molecule has 2 heteroatoms. The van der Waals surface area contributed by atoms with Gasteiger partial charge in [-0.1, -0.05) is 38.1 Å². The molecule has 1 rings (SSSR count). The van der Waals surface area contributed by atoms with E-state index in [4.69, 9.17) is 5.84 Å². The minimum absolute atomic E-state index is 0.283. The first-order valence-corrected chi connectivity index (χ1v) is 4.86. The zero-order valence-electron chi connectivity index (χ0n) is 8.38. The second-order valence-corrected chi connectivity index (χ2v) is 3.22. The lowest BCUT2D eigenvalue weighted by molar-refractivity contribution is 0.539. The Morgan fingerprint density at radius 1 is 1.23 bits per heavy atom. The molecule has 1 atom stereocenters. The number of hydrogen-bond donors (Lipinski definition) is 2. The van der Waals surface area contributed by atoms with Gasteiger partial charge in [-0.15, -0.1) is 0 Å². The van der Waals surface area contributed by atoms with E-state index < -0.39 is 0 Å². The summed E-state index contributed by atoms with van der Waals surface area (Å²) in [6.45, 7) is 4.28. The van der Waals surface area contributed by atoms with Crippen molar-refractivity contribution in [2.24, 2.45) is 5.84 Å². The Balaban J connectivity index is 2.78. The maximum absolute atomic E-state index is 5.44. The van der Waals surface area contributed by atoms with Gasteiger partial charge >= 0.3 is 0 Å². The molecule has 0 bridgehead atoms. The fraction of sp³-hybridized carbons (Fsp3) is 0.455. The van der Waals surface area contributed by atoms with Gasteiger partial charge in [0.15, 0.2) is 0 Å². The predicted octanol–water partition coefficient (Wildman–Crippen LogP) is 2.16. The molecule has 72 valence electrons. The van der Waals surface area contributed by atoms with Crippen molar-refractivity contribution in [2.75, 3.05) is 0 Å². The molecule has 0 saturated heterocycles. The number of nitrogens with one attached hydrogen (secondary N) is 1. The molecule has 0 heterocycles. The number of benzene rings is 1. The van der Waals surface area contributed by atoms with Gasteiger partial charge in [0.1, 0.15) is 0 Å². The van der Waals surface area contributed by atoms with Crippen LogP contribution in [0.15, 0.2) is 24.3 Å². The molecule has 0 spiro atoms. The van der Waals surface area contributed by atoms with Crippen LogP contribution in [0.2, 0.25) is 0 Å². The fourth-order valence-electron chi connectivity index (χ4n) is 1.44. The van der Waals surface area contributed by atoms with Gasteiger partial charge in [-0.3, -0.25) is 11.3 Å². The minimum Gasteiger partial charge on any atom is -0.271 e. The van der Waals surface area contributed by atoms with Gasteiger partial charge in [0.05, 0.1) is 0 Å². The van der Waals surface area contributed by atoms with Gasteiger partial charge in [0, 0.05) is 6.04 Å². The maximum atomic E-state index is 5.44. The third kappa shape index (κ3) is 2.54. The van der Waals surface area contributed by atoms with Crippen LogP contribution in [-0.2, 0) is 6.42 Å². The van der Waals surface area contributed by atoms with Crippen molar-refractivity contribution in [3.05, 3.63) is 35.4 Å². The molecule has 3 N–H and O–H groups in total. The summed E-state index contributed by atoms with van der Waals surface area (Å²) in [5, 5.41) is 0.